The molecule has 1 aliphatic carbocycles. The van der Waals surface area contributed by atoms with Crippen molar-refractivity contribution in [2.45, 2.75) is 37.0 Å². The van der Waals surface area contributed by atoms with Crippen LogP contribution >= 0.6 is 23.2 Å². The third-order valence-corrected chi connectivity index (χ3v) is 6.11. The fourth-order valence-electron chi connectivity index (χ4n) is 3.58. The smallest absolute Gasteiger partial charge is 0.195 e. The minimum absolute atomic E-state index is 0.0580. The van der Waals surface area contributed by atoms with Crippen molar-refractivity contribution in [1.82, 2.24) is 4.98 Å². The van der Waals surface area contributed by atoms with Crippen molar-refractivity contribution >= 4 is 29.0 Å². The van der Waals surface area contributed by atoms with E-state index >= 15 is 4.39 Å². The Labute approximate surface area is 159 Å². The number of carbonyl (C=O) groups is 1. The first-order chi connectivity index (χ1) is 12.4. The molecule has 4 rings (SSSR count). The van der Waals surface area contributed by atoms with Crippen molar-refractivity contribution in [3.63, 3.8) is 0 Å². The molecule has 1 spiro atoms. The zero-order valence-corrected chi connectivity index (χ0v) is 15.2. The van der Waals surface area contributed by atoms with E-state index in [1.165, 1.54) is 12.1 Å². The highest BCUT2D eigenvalue weighted by molar-refractivity contribution is 6.42. The van der Waals surface area contributed by atoms with E-state index in [4.69, 9.17) is 27.9 Å². The predicted molar refractivity (Wildman–Crippen MR) is 93.6 cm³/mol. The number of hydrogen-bond acceptors (Lipinski definition) is 3. The molecule has 1 saturated heterocycles. The lowest BCUT2D eigenvalue weighted by Crippen LogP contribution is -2.39. The van der Waals surface area contributed by atoms with Crippen LogP contribution < -0.4 is 0 Å². The normalized spacial score (nSPS) is 26.6. The maximum atomic E-state index is 15.7. The number of carbonyl (C=O) groups excluding carboxylic acids is 1. The van der Waals surface area contributed by atoms with Gasteiger partial charge in [0.05, 0.1) is 22.3 Å². The maximum Gasteiger partial charge on any atom is 0.195 e. The topological polar surface area (TPSA) is 42.5 Å². The number of alkyl halides is 1. The van der Waals surface area contributed by atoms with Gasteiger partial charge in [-0.2, -0.15) is 0 Å². The second-order valence-corrected chi connectivity index (χ2v) is 7.50. The van der Waals surface area contributed by atoms with Gasteiger partial charge in [0.1, 0.15) is 11.4 Å². The number of halogens is 4. The highest BCUT2D eigenvalue weighted by atomic mass is 35.5. The van der Waals surface area contributed by atoms with Crippen LogP contribution in [0, 0.1) is 5.82 Å². The summed E-state index contributed by atoms with van der Waals surface area (Å²) in [6.07, 6.45) is 2.17. The number of ether oxygens (including phenoxy) is 1. The molecule has 136 valence electrons. The zero-order valence-electron chi connectivity index (χ0n) is 13.7. The van der Waals surface area contributed by atoms with Crippen LogP contribution in [-0.2, 0) is 27.2 Å². The van der Waals surface area contributed by atoms with Gasteiger partial charge in [0.15, 0.2) is 11.5 Å². The third-order valence-electron chi connectivity index (χ3n) is 5.21. The number of epoxide rings is 1. The van der Waals surface area contributed by atoms with E-state index in [0.717, 1.165) is 0 Å². The second kappa shape index (κ2) is 6.25. The summed E-state index contributed by atoms with van der Waals surface area (Å²) in [6.45, 7) is 0.505. The summed E-state index contributed by atoms with van der Waals surface area (Å²) in [5, 5.41) is -0.130. The maximum absolute atomic E-state index is 15.7. The molecule has 7 heteroatoms. The lowest BCUT2D eigenvalue weighted by molar-refractivity contribution is -0.132. The predicted octanol–water partition coefficient (Wildman–Crippen LogP) is 4.91. The van der Waals surface area contributed by atoms with Crippen LogP contribution in [0.4, 0.5) is 8.78 Å². The summed E-state index contributed by atoms with van der Waals surface area (Å²) in [6, 6.07) is 5.88. The van der Waals surface area contributed by atoms with E-state index in [9.17, 15) is 9.18 Å². The fraction of sp³-hybridized carbons (Fsp3) is 0.368. The Bertz CT molecular complexity index is 901. The van der Waals surface area contributed by atoms with Gasteiger partial charge in [-0.05, 0) is 37.0 Å². The SMILES string of the molecule is O=C(CCc1ccc(F)c(Cl)c1Cl)[C@]1(F)CC[C@@]2(CO2)c2ncccc21. The van der Waals surface area contributed by atoms with Gasteiger partial charge < -0.3 is 4.74 Å². The Morgan fingerprint density at radius 3 is 2.73 bits per heavy atom. The molecule has 0 saturated carbocycles. The Morgan fingerprint density at radius 1 is 1.23 bits per heavy atom. The largest absolute Gasteiger partial charge is 0.363 e. The average molecular weight is 398 g/mol. The molecule has 0 amide bonds. The number of rotatable bonds is 4. The van der Waals surface area contributed by atoms with Crippen LogP contribution in [0.1, 0.15) is 36.1 Å². The van der Waals surface area contributed by atoms with Gasteiger partial charge in [0, 0.05) is 18.2 Å². The summed E-state index contributed by atoms with van der Waals surface area (Å²) < 4.78 is 34.6. The molecule has 0 bridgehead atoms. The average Bonchev–Trinajstić information content (AvgIpc) is 3.43. The fourth-order valence-corrected chi connectivity index (χ4v) is 4.01. The Hall–Kier alpha value is -1.56. The summed E-state index contributed by atoms with van der Waals surface area (Å²) in [5.41, 5.74) is -1.31. The molecule has 2 atom stereocenters. The van der Waals surface area contributed by atoms with E-state index in [1.54, 1.807) is 18.3 Å². The van der Waals surface area contributed by atoms with Crippen LogP contribution in [0.2, 0.25) is 10.0 Å². The van der Waals surface area contributed by atoms with Gasteiger partial charge in [-0.3, -0.25) is 9.78 Å². The van der Waals surface area contributed by atoms with Gasteiger partial charge in [0.2, 0.25) is 0 Å². The van der Waals surface area contributed by atoms with E-state index in [0.29, 0.717) is 24.3 Å². The molecule has 1 aromatic heterocycles. The van der Waals surface area contributed by atoms with Crippen molar-refractivity contribution in [1.29, 1.82) is 0 Å². The highest BCUT2D eigenvalue weighted by Crippen LogP contribution is 2.53. The molecule has 3 nitrogen and oxygen atoms in total. The zero-order chi connectivity index (χ0) is 18.5. The van der Waals surface area contributed by atoms with Gasteiger partial charge in [0.25, 0.3) is 0 Å². The molecule has 1 aromatic carbocycles. The van der Waals surface area contributed by atoms with Crippen LogP contribution in [0.15, 0.2) is 30.5 Å². The summed E-state index contributed by atoms with van der Waals surface area (Å²) in [5.74, 6) is -1.17. The third kappa shape index (κ3) is 2.73. The number of aryl methyl sites for hydroxylation is 1. The number of fused-ring (bicyclic) bond motifs is 2. The number of ketones is 1. The van der Waals surface area contributed by atoms with Crippen molar-refractivity contribution in [2.75, 3.05) is 6.61 Å². The van der Waals surface area contributed by atoms with Crippen molar-refractivity contribution in [3.05, 3.63) is 63.1 Å². The molecule has 2 aliphatic rings. The van der Waals surface area contributed by atoms with Gasteiger partial charge in [-0.15, -0.1) is 0 Å². The molecular formula is C19H15Cl2F2NO2. The number of aromatic nitrogens is 1. The molecule has 0 radical (unpaired) electrons. The first kappa shape index (κ1) is 17.8. The molecule has 2 heterocycles. The Kier molecular flexibility index (Phi) is 4.29. The first-order valence-electron chi connectivity index (χ1n) is 8.32. The van der Waals surface area contributed by atoms with Gasteiger partial charge in [-0.25, -0.2) is 8.78 Å². The lowest BCUT2D eigenvalue weighted by Gasteiger charge is -2.33. The second-order valence-electron chi connectivity index (χ2n) is 6.74. The van der Waals surface area contributed by atoms with Gasteiger partial charge >= 0.3 is 0 Å². The summed E-state index contributed by atoms with van der Waals surface area (Å²) >= 11 is 11.8. The molecule has 1 fully saturated rings. The first-order valence-corrected chi connectivity index (χ1v) is 9.07. The van der Waals surface area contributed by atoms with Crippen molar-refractivity contribution in [3.8, 4) is 0 Å². The van der Waals surface area contributed by atoms with Crippen LogP contribution in [-0.4, -0.2) is 17.4 Å². The van der Waals surface area contributed by atoms with Crippen molar-refractivity contribution < 1.29 is 18.3 Å². The monoisotopic (exact) mass is 397 g/mol. The minimum Gasteiger partial charge on any atom is -0.363 e. The van der Waals surface area contributed by atoms with E-state index in [1.807, 2.05) is 0 Å². The summed E-state index contributed by atoms with van der Waals surface area (Å²) in [7, 11) is 0. The van der Waals surface area contributed by atoms with Crippen LogP contribution in [0.5, 0.6) is 0 Å². The standard InChI is InChI=1S/C19H15Cl2F2NO2/c20-15-11(3-5-13(22)16(15)21)4-6-14(25)19(23)8-7-18(10-26-18)17-12(19)2-1-9-24-17/h1-3,5,9H,4,6-8,10H2/t18-,19+/m1/s1. The number of nitrogens with zero attached hydrogens (tertiary/aromatic N) is 1. The van der Waals surface area contributed by atoms with Crippen molar-refractivity contribution in [2.24, 2.45) is 0 Å². The molecule has 0 N–H and O–H groups in total. The number of benzene rings is 1. The molecule has 2 aromatic rings. The minimum atomic E-state index is -2.10. The lowest BCUT2D eigenvalue weighted by atomic mass is 9.74. The van der Waals surface area contributed by atoms with E-state index < -0.39 is 22.9 Å². The van der Waals surface area contributed by atoms with Crippen LogP contribution in [0.25, 0.3) is 0 Å². The molecule has 1 aliphatic heterocycles. The Balaban J connectivity index is 1.58. The number of pyridine rings is 1. The van der Waals surface area contributed by atoms with Crippen LogP contribution in [0.3, 0.4) is 0 Å². The van der Waals surface area contributed by atoms with E-state index in [2.05, 4.69) is 4.98 Å². The molecule has 0 unspecified atom stereocenters. The highest BCUT2D eigenvalue weighted by Gasteiger charge is 2.58. The Morgan fingerprint density at radius 2 is 2.00 bits per heavy atom. The molecule has 26 heavy (non-hydrogen) atoms. The quantitative estimate of drug-likeness (QED) is 0.543. The number of Topliss-reactive ketones (excluding diaryl/α,β-unsaturated/α-hetero) is 1. The van der Waals surface area contributed by atoms with Gasteiger partial charge in [-0.1, -0.05) is 35.3 Å². The van der Waals surface area contributed by atoms with E-state index in [-0.39, 0.29) is 34.9 Å². The number of hydrogen-bond donors (Lipinski definition) is 0. The summed E-state index contributed by atoms with van der Waals surface area (Å²) in [4.78, 5) is 17.0. The molecular weight excluding hydrogens is 383 g/mol.